The van der Waals surface area contributed by atoms with Crippen LogP contribution in [0.2, 0.25) is 0 Å². The van der Waals surface area contributed by atoms with Crippen molar-refractivity contribution in [2.75, 3.05) is 13.1 Å². The maximum atomic E-state index is 3.72. The molecule has 3 unspecified atom stereocenters. The van der Waals surface area contributed by atoms with Gasteiger partial charge in [-0.2, -0.15) is 0 Å². The molecule has 0 spiro atoms. The summed E-state index contributed by atoms with van der Waals surface area (Å²) >= 11 is 0. The van der Waals surface area contributed by atoms with Crippen LogP contribution in [-0.4, -0.2) is 36.1 Å². The molecule has 0 radical (unpaired) electrons. The first-order chi connectivity index (χ1) is 10.1. The maximum Gasteiger partial charge on any atom is 0.0198 e. The smallest absolute Gasteiger partial charge is 0.0198 e. The molecule has 1 heterocycles. The zero-order valence-electron chi connectivity index (χ0n) is 14.2. The minimum atomic E-state index is 0.652. The van der Waals surface area contributed by atoms with Crippen LogP contribution < -0.4 is 5.32 Å². The number of nitrogens with one attached hydrogen (secondary N) is 1. The Balaban J connectivity index is 1.85. The Hall–Kier alpha value is -0.860. The van der Waals surface area contributed by atoms with Crippen molar-refractivity contribution >= 4 is 0 Å². The number of nitrogens with zero attached hydrogens (tertiary/aromatic N) is 1. The van der Waals surface area contributed by atoms with E-state index < -0.39 is 0 Å². The number of piperazine rings is 1. The molecule has 118 valence electrons. The molecule has 1 aliphatic rings. The fourth-order valence-corrected chi connectivity index (χ4v) is 3.48. The quantitative estimate of drug-likeness (QED) is 0.858. The molecule has 2 nitrogen and oxygen atoms in total. The summed E-state index contributed by atoms with van der Waals surface area (Å²) in [6, 6.07) is 12.9. The Bertz CT molecular complexity index is 401. The zero-order chi connectivity index (χ0) is 15.2. The molecule has 2 rings (SSSR count). The normalized spacial score (nSPS) is 25.2. The first-order valence-electron chi connectivity index (χ1n) is 8.59. The topological polar surface area (TPSA) is 15.3 Å². The van der Waals surface area contributed by atoms with Crippen LogP contribution >= 0.6 is 0 Å². The van der Waals surface area contributed by atoms with Crippen molar-refractivity contribution < 1.29 is 0 Å². The molecular weight excluding hydrogens is 256 g/mol. The van der Waals surface area contributed by atoms with Gasteiger partial charge in [-0.05, 0) is 44.6 Å². The Labute approximate surface area is 130 Å². The molecule has 1 aliphatic heterocycles. The van der Waals surface area contributed by atoms with Crippen molar-refractivity contribution in [2.24, 2.45) is 5.92 Å². The van der Waals surface area contributed by atoms with Gasteiger partial charge in [-0.3, -0.25) is 4.90 Å². The molecule has 3 atom stereocenters. The van der Waals surface area contributed by atoms with Crippen molar-refractivity contribution in [1.82, 2.24) is 10.2 Å². The minimum absolute atomic E-state index is 0.652. The van der Waals surface area contributed by atoms with E-state index in [0.717, 1.165) is 12.5 Å². The van der Waals surface area contributed by atoms with E-state index in [-0.39, 0.29) is 0 Å². The lowest BCUT2D eigenvalue weighted by molar-refractivity contribution is 0.0884. The van der Waals surface area contributed by atoms with E-state index in [1.807, 2.05) is 0 Å². The highest BCUT2D eigenvalue weighted by Gasteiger charge is 2.28. The van der Waals surface area contributed by atoms with Crippen molar-refractivity contribution in [3.63, 3.8) is 0 Å². The molecular formula is C19H32N2. The maximum absolute atomic E-state index is 3.72. The molecule has 1 aromatic carbocycles. The van der Waals surface area contributed by atoms with Crippen LogP contribution in [0.1, 0.15) is 46.1 Å². The number of hydrogen-bond donors (Lipinski definition) is 1. The number of benzene rings is 1. The van der Waals surface area contributed by atoms with Crippen LogP contribution in [-0.2, 0) is 6.42 Å². The van der Waals surface area contributed by atoms with Gasteiger partial charge in [0.2, 0.25) is 0 Å². The average Bonchev–Trinajstić information content (AvgIpc) is 2.47. The van der Waals surface area contributed by atoms with Gasteiger partial charge in [0, 0.05) is 31.2 Å². The average molecular weight is 288 g/mol. The Kier molecular flexibility index (Phi) is 6.25. The van der Waals surface area contributed by atoms with Gasteiger partial charge >= 0.3 is 0 Å². The van der Waals surface area contributed by atoms with Crippen LogP contribution in [0.25, 0.3) is 0 Å². The number of rotatable bonds is 6. The second-order valence-electron chi connectivity index (χ2n) is 7.15. The van der Waals surface area contributed by atoms with E-state index >= 15 is 0 Å². The lowest BCUT2D eigenvalue weighted by Crippen LogP contribution is -2.58. The molecule has 1 fully saturated rings. The molecule has 0 bridgehead atoms. The van der Waals surface area contributed by atoms with E-state index in [0.29, 0.717) is 18.1 Å². The standard InChI is InChI=1S/C19H32N2/c1-15(2)12-19-14-21(17(4)13-20-19)16(3)10-11-18-8-6-5-7-9-18/h5-9,15-17,19-20H,10-14H2,1-4H3. The number of aryl methyl sites for hydroxylation is 1. The Morgan fingerprint density at radius 2 is 1.90 bits per heavy atom. The summed E-state index contributed by atoms with van der Waals surface area (Å²) in [5, 5.41) is 3.72. The van der Waals surface area contributed by atoms with Crippen molar-refractivity contribution in [3.05, 3.63) is 35.9 Å². The summed E-state index contributed by atoms with van der Waals surface area (Å²) in [7, 11) is 0. The predicted molar refractivity (Wildman–Crippen MR) is 91.6 cm³/mol. The minimum Gasteiger partial charge on any atom is -0.311 e. The highest BCUT2D eigenvalue weighted by molar-refractivity contribution is 5.14. The molecule has 1 N–H and O–H groups in total. The third-order valence-corrected chi connectivity index (χ3v) is 4.71. The predicted octanol–water partition coefficient (Wildman–Crippen LogP) is 3.72. The molecule has 0 aliphatic carbocycles. The highest BCUT2D eigenvalue weighted by Crippen LogP contribution is 2.18. The fraction of sp³-hybridized carbons (Fsp3) is 0.684. The van der Waals surface area contributed by atoms with Crippen molar-refractivity contribution in [3.8, 4) is 0 Å². The van der Waals surface area contributed by atoms with E-state index in [9.17, 15) is 0 Å². The summed E-state index contributed by atoms with van der Waals surface area (Å²) in [5.41, 5.74) is 1.46. The second kappa shape index (κ2) is 7.95. The molecule has 0 amide bonds. The summed E-state index contributed by atoms with van der Waals surface area (Å²) in [4.78, 5) is 2.71. The van der Waals surface area contributed by atoms with Gasteiger partial charge in [0.15, 0.2) is 0 Å². The third-order valence-electron chi connectivity index (χ3n) is 4.71. The van der Waals surface area contributed by atoms with E-state index in [1.54, 1.807) is 0 Å². The van der Waals surface area contributed by atoms with E-state index in [2.05, 4.69) is 68.2 Å². The Morgan fingerprint density at radius 1 is 1.19 bits per heavy atom. The monoisotopic (exact) mass is 288 g/mol. The molecule has 0 aromatic heterocycles. The summed E-state index contributed by atoms with van der Waals surface area (Å²) in [5.74, 6) is 0.775. The summed E-state index contributed by atoms with van der Waals surface area (Å²) < 4.78 is 0. The largest absolute Gasteiger partial charge is 0.311 e. The van der Waals surface area contributed by atoms with Gasteiger partial charge in [0.25, 0.3) is 0 Å². The molecule has 1 saturated heterocycles. The summed E-state index contributed by atoms with van der Waals surface area (Å²) in [6.45, 7) is 11.7. The van der Waals surface area contributed by atoms with Crippen LogP contribution in [0.15, 0.2) is 30.3 Å². The first kappa shape index (κ1) is 16.5. The van der Waals surface area contributed by atoms with Crippen molar-refractivity contribution in [1.29, 1.82) is 0 Å². The van der Waals surface area contributed by atoms with Gasteiger partial charge in [0.05, 0.1) is 0 Å². The van der Waals surface area contributed by atoms with E-state index in [4.69, 9.17) is 0 Å². The lowest BCUT2D eigenvalue weighted by atomic mass is 9.97. The Morgan fingerprint density at radius 3 is 2.57 bits per heavy atom. The van der Waals surface area contributed by atoms with Gasteiger partial charge in [-0.25, -0.2) is 0 Å². The molecule has 1 aromatic rings. The van der Waals surface area contributed by atoms with Crippen LogP contribution in [0.5, 0.6) is 0 Å². The SMILES string of the molecule is CC(C)CC1CN(C(C)CCc2ccccc2)C(C)CN1. The van der Waals surface area contributed by atoms with Gasteiger partial charge in [0.1, 0.15) is 0 Å². The van der Waals surface area contributed by atoms with Crippen molar-refractivity contribution in [2.45, 2.75) is 65.1 Å². The van der Waals surface area contributed by atoms with Gasteiger partial charge in [-0.1, -0.05) is 44.2 Å². The molecule has 21 heavy (non-hydrogen) atoms. The lowest BCUT2D eigenvalue weighted by Gasteiger charge is -2.43. The summed E-state index contributed by atoms with van der Waals surface area (Å²) in [6.07, 6.45) is 3.73. The van der Waals surface area contributed by atoms with Crippen LogP contribution in [0.4, 0.5) is 0 Å². The third kappa shape index (κ3) is 5.12. The number of hydrogen-bond acceptors (Lipinski definition) is 2. The fourth-order valence-electron chi connectivity index (χ4n) is 3.48. The second-order valence-corrected chi connectivity index (χ2v) is 7.15. The van der Waals surface area contributed by atoms with E-state index in [1.165, 1.54) is 31.4 Å². The van der Waals surface area contributed by atoms with Gasteiger partial charge < -0.3 is 5.32 Å². The molecule has 2 heteroatoms. The molecule has 0 saturated carbocycles. The highest BCUT2D eigenvalue weighted by atomic mass is 15.2. The first-order valence-corrected chi connectivity index (χ1v) is 8.59. The zero-order valence-corrected chi connectivity index (χ0v) is 14.2. The van der Waals surface area contributed by atoms with Crippen LogP contribution in [0.3, 0.4) is 0 Å². The van der Waals surface area contributed by atoms with Gasteiger partial charge in [-0.15, -0.1) is 0 Å². The van der Waals surface area contributed by atoms with Crippen LogP contribution in [0, 0.1) is 5.92 Å².